The number of nitrogens with zero attached hydrogens (tertiary/aromatic N) is 2. The van der Waals surface area contributed by atoms with E-state index in [0.29, 0.717) is 31.2 Å². The molecule has 0 unspecified atom stereocenters. The van der Waals surface area contributed by atoms with E-state index in [2.05, 4.69) is 31.2 Å². The Balaban J connectivity index is 1.67. The van der Waals surface area contributed by atoms with Crippen LogP contribution in [0.3, 0.4) is 0 Å². The van der Waals surface area contributed by atoms with E-state index in [1.807, 2.05) is 48.5 Å². The first kappa shape index (κ1) is 25.3. The summed E-state index contributed by atoms with van der Waals surface area (Å²) in [7, 11) is 0. The third-order valence-corrected chi connectivity index (χ3v) is 8.56. The minimum absolute atomic E-state index is 0.211. The van der Waals surface area contributed by atoms with E-state index in [1.54, 1.807) is 24.5 Å². The molecule has 4 aromatic carbocycles. The Labute approximate surface area is 234 Å². The molecule has 0 amide bonds. The predicted molar refractivity (Wildman–Crippen MR) is 158 cm³/mol. The number of carbonyl (C=O) groups is 1. The van der Waals surface area contributed by atoms with Crippen LogP contribution >= 0.6 is 22.9 Å². The van der Waals surface area contributed by atoms with Gasteiger partial charge in [-0.25, -0.2) is 9.79 Å². The van der Waals surface area contributed by atoms with Crippen LogP contribution in [-0.4, -0.2) is 17.1 Å². The quantitative estimate of drug-likeness (QED) is 0.201. The van der Waals surface area contributed by atoms with Crippen LogP contribution in [0.4, 0.5) is 0 Å². The zero-order chi connectivity index (χ0) is 27.3. The highest BCUT2D eigenvalue weighted by Crippen LogP contribution is 2.35. The van der Waals surface area contributed by atoms with Gasteiger partial charge in [-0.2, -0.15) is 0 Å². The summed E-state index contributed by atoms with van der Waals surface area (Å²) in [5, 5.41) is 4.90. The molecule has 0 saturated carbocycles. The second-order valence-electron chi connectivity index (χ2n) is 9.45. The van der Waals surface area contributed by atoms with Gasteiger partial charge in [-0.1, -0.05) is 89.7 Å². The number of thiazole rings is 1. The molecule has 0 radical (unpaired) electrons. The smallest absolute Gasteiger partial charge is 0.338 e. The highest BCUT2D eigenvalue weighted by molar-refractivity contribution is 7.07. The van der Waals surface area contributed by atoms with Crippen molar-refractivity contribution in [2.24, 2.45) is 4.99 Å². The van der Waals surface area contributed by atoms with E-state index in [4.69, 9.17) is 21.3 Å². The van der Waals surface area contributed by atoms with Gasteiger partial charge in [-0.3, -0.25) is 9.36 Å². The largest absolute Gasteiger partial charge is 0.463 e. The molecule has 6 rings (SSSR count). The Morgan fingerprint density at radius 3 is 2.18 bits per heavy atom. The zero-order valence-electron chi connectivity index (χ0n) is 21.7. The summed E-state index contributed by atoms with van der Waals surface area (Å²) in [6.07, 6.45) is 1.96. The Kier molecular flexibility index (Phi) is 6.45. The van der Waals surface area contributed by atoms with Gasteiger partial charge in [-0.05, 0) is 71.1 Å². The number of allylic oxidation sites excluding steroid dienone is 1. The van der Waals surface area contributed by atoms with Crippen molar-refractivity contribution in [2.45, 2.75) is 26.8 Å². The molecule has 0 N–H and O–H groups in total. The van der Waals surface area contributed by atoms with Crippen molar-refractivity contribution in [3.63, 3.8) is 0 Å². The topological polar surface area (TPSA) is 60.7 Å². The number of ether oxygens (including phenoxy) is 1. The van der Waals surface area contributed by atoms with Gasteiger partial charge in [0.2, 0.25) is 0 Å². The molecule has 0 aliphatic carbocycles. The zero-order valence-corrected chi connectivity index (χ0v) is 23.3. The lowest BCUT2D eigenvalue weighted by Gasteiger charge is -2.25. The second-order valence-corrected chi connectivity index (χ2v) is 10.9. The van der Waals surface area contributed by atoms with Gasteiger partial charge in [-0.15, -0.1) is 0 Å². The van der Waals surface area contributed by atoms with Gasteiger partial charge in [0.15, 0.2) is 4.80 Å². The molecule has 5 aromatic rings. The number of aromatic nitrogens is 1. The number of esters is 1. The van der Waals surface area contributed by atoms with Gasteiger partial charge in [0.25, 0.3) is 5.56 Å². The first-order valence-corrected chi connectivity index (χ1v) is 13.9. The van der Waals surface area contributed by atoms with Crippen molar-refractivity contribution in [1.29, 1.82) is 0 Å². The van der Waals surface area contributed by atoms with Crippen molar-refractivity contribution >= 4 is 56.5 Å². The van der Waals surface area contributed by atoms with Gasteiger partial charge in [0, 0.05) is 5.02 Å². The molecule has 0 fully saturated rings. The summed E-state index contributed by atoms with van der Waals surface area (Å²) < 4.78 is 7.50. The molecule has 1 aliphatic heterocycles. The monoisotopic (exact) mass is 552 g/mol. The van der Waals surface area contributed by atoms with E-state index >= 15 is 0 Å². The minimum atomic E-state index is -0.748. The molecule has 1 aromatic heterocycles. The summed E-state index contributed by atoms with van der Waals surface area (Å²) in [4.78, 5) is 32.5. The number of carbonyl (C=O) groups excluding carboxylic acids is 1. The first-order chi connectivity index (χ1) is 18.9. The second kappa shape index (κ2) is 9.95. The SMILES string of the molecule is CCOC(=O)C1=C(C)N=c2s/c(=C/c3c4ccccc4c(C)c4ccccc34)c(=O)n2[C@H]1c1ccccc1Cl. The fourth-order valence-corrected chi connectivity index (χ4v) is 6.72. The molecule has 7 heteroatoms. The Morgan fingerprint density at radius 1 is 0.974 bits per heavy atom. The lowest BCUT2D eigenvalue weighted by atomic mass is 9.92. The molecule has 2 heterocycles. The molecular weight excluding hydrogens is 528 g/mol. The molecule has 0 spiro atoms. The first-order valence-electron chi connectivity index (χ1n) is 12.7. The van der Waals surface area contributed by atoms with Crippen LogP contribution in [-0.2, 0) is 9.53 Å². The highest BCUT2D eigenvalue weighted by Gasteiger charge is 2.34. The van der Waals surface area contributed by atoms with Crippen LogP contribution in [0.15, 0.2) is 93.9 Å². The van der Waals surface area contributed by atoms with E-state index in [1.165, 1.54) is 16.9 Å². The third-order valence-electron chi connectivity index (χ3n) is 7.23. The normalized spacial score (nSPS) is 15.5. The maximum atomic E-state index is 14.1. The predicted octanol–water partition coefficient (Wildman–Crippen LogP) is 6.07. The van der Waals surface area contributed by atoms with E-state index in [0.717, 1.165) is 27.1 Å². The molecule has 1 aliphatic rings. The van der Waals surface area contributed by atoms with Crippen molar-refractivity contribution < 1.29 is 9.53 Å². The maximum absolute atomic E-state index is 14.1. The van der Waals surface area contributed by atoms with Gasteiger partial charge >= 0.3 is 5.97 Å². The lowest BCUT2D eigenvalue weighted by Crippen LogP contribution is -2.40. The van der Waals surface area contributed by atoms with Crippen LogP contribution in [0.25, 0.3) is 27.6 Å². The van der Waals surface area contributed by atoms with Crippen LogP contribution in [0.1, 0.15) is 36.6 Å². The standard InChI is InChI=1S/C32H25ClN2O3S/c1-4-38-31(37)28-19(3)34-32-35(29(28)24-15-9-10-16-26(24)33)30(36)27(39-32)17-25-22-13-7-5-11-20(22)18(2)21-12-6-8-14-23(21)25/h5-17,29H,4H2,1-3H3/b27-17+/t29-/m0/s1. The highest BCUT2D eigenvalue weighted by atomic mass is 35.5. The van der Waals surface area contributed by atoms with Gasteiger partial charge in [0.05, 0.1) is 22.4 Å². The fraction of sp³-hybridized carbons (Fsp3) is 0.156. The number of aryl methyl sites for hydroxylation is 1. The fourth-order valence-electron chi connectivity index (χ4n) is 5.45. The number of hydrogen-bond donors (Lipinski definition) is 0. The average molecular weight is 553 g/mol. The molecule has 5 nitrogen and oxygen atoms in total. The van der Waals surface area contributed by atoms with Gasteiger partial charge in [0.1, 0.15) is 6.04 Å². The van der Waals surface area contributed by atoms with Crippen LogP contribution in [0.2, 0.25) is 5.02 Å². The van der Waals surface area contributed by atoms with E-state index < -0.39 is 12.0 Å². The summed E-state index contributed by atoms with van der Waals surface area (Å²) in [6, 6.07) is 23.0. The maximum Gasteiger partial charge on any atom is 0.338 e. The molecule has 194 valence electrons. The molecule has 39 heavy (non-hydrogen) atoms. The lowest BCUT2D eigenvalue weighted by molar-refractivity contribution is -0.139. The number of hydrogen-bond acceptors (Lipinski definition) is 5. The Bertz CT molecular complexity index is 1960. The summed E-state index contributed by atoms with van der Waals surface area (Å²) >= 11 is 7.94. The third kappa shape index (κ3) is 4.11. The minimum Gasteiger partial charge on any atom is -0.463 e. The Morgan fingerprint density at radius 2 is 1.56 bits per heavy atom. The average Bonchev–Trinajstić information content (AvgIpc) is 3.25. The van der Waals surface area contributed by atoms with Crippen LogP contribution < -0.4 is 14.9 Å². The number of rotatable bonds is 4. The molecule has 1 atom stereocenters. The van der Waals surface area contributed by atoms with Crippen molar-refractivity contribution in [1.82, 2.24) is 4.57 Å². The van der Waals surface area contributed by atoms with E-state index in [-0.39, 0.29) is 12.2 Å². The van der Waals surface area contributed by atoms with Crippen LogP contribution in [0, 0.1) is 6.92 Å². The summed E-state index contributed by atoms with van der Waals surface area (Å²) in [6.45, 7) is 5.87. The number of fused-ring (bicyclic) bond motifs is 3. The van der Waals surface area contributed by atoms with Crippen molar-refractivity contribution in [3.8, 4) is 0 Å². The Hall–Kier alpha value is -4.00. The molecular formula is C32H25ClN2O3S. The summed E-state index contributed by atoms with van der Waals surface area (Å²) in [5.41, 5.74) is 3.43. The van der Waals surface area contributed by atoms with Crippen molar-refractivity contribution in [3.05, 3.63) is 125 Å². The van der Waals surface area contributed by atoms with E-state index in [9.17, 15) is 9.59 Å². The van der Waals surface area contributed by atoms with Crippen LogP contribution in [0.5, 0.6) is 0 Å². The molecule has 0 bridgehead atoms. The van der Waals surface area contributed by atoms with Gasteiger partial charge < -0.3 is 4.74 Å². The summed E-state index contributed by atoms with van der Waals surface area (Å²) in [5.74, 6) is -0.506. The number of benzene rings is 4. The molecule has 0 saturated heterocycles. The van der Waals surface area contributed by atoms with Crippen molar-refractivity contribution in [2.75, 3.05) is 6.61 Å². The number of halogens is 1.